The van der Waals surface area contributed by atoms with E-state index >= 15 is 0 Å². The number of nitro benzene ring substituents is 1. The first kappa shape index (κ1) is 18.6. The number of nitrogens with zero attached hydrogens (tertiary/aromatic N) is 1. The van der Waals surface area contributed by atoms with Crippen LogP contribution in [-0.2, 0) is 11.2 Å². The van der Waals surface area contributed by atoms with Crippen LogP contribution in [0.2, 0.25) is 0 Å². The number of nitro groups is 1. The molecule has 0 amide bonds. The molecule has 0 aliphatic carbocycles. The topological polar surface area (TPSA) is 95.7 Å². The molecule has 0 fully saturated rings. The van der Waals surface area contributed by atoms with Crippen molar-refractivity contribution in [3.63, 3.8) is 0 Å². The van der Waals surface area contributed by atoms with Gasteiger partial charge in [0.2, 0.25) is 5.78 Å². The Balaban J connectivity index is 1.52. The second-order valence-electron chi connectivity index (χ2n) is 6.18. The van der Waals surface area contributed by atoms with Gasteiger partial charge in [0.15, 0.2) is 5.76 Å². The normalized spacial score (nSPS) is 13.8. The highest BCUT2D eigenvalue weighted by Crippen LogP contribution is 2.35. The molecule has 3 aromatic rings. The lowest BCUT2D eigenvalue weighted by Crippen LogP contribution is -2.10. The van der Waals surface area contributed by atoms with Crippen molar-refractivity contribution in [3.05, 3.63) is 91.9 Å². The van der Waals surface area contributed by atoms with Gasteiger partial charge in [0.1, 0.15) is 11.5 Å². The van der Waals surface area contributed by atoms with Gasteiger partial charge in [0.05, 0.1) is 16.9 Å². The molecule has 0 saturated heterocycles. The maximum atomic E-state index is 12.5. The molecule has 2 heterocycles. The van der Waals surface area contributed by atoms with E-state index in [1.165, 1.54) is 53.8 Å². The van der Waals surface area contributed by atoms with Crippen molar-refractivity contribution in [3.8, 4) is 11.5 Å². The van der Waals surface area contributed by atoms with Crippen molar-refractivity contribution >= 4 is 34.9 Å². The Morgan fingerprint density at radius 3 is 2.79 bits per heavy atom. The average molecular weight is 407 g/mol. The Labute approximate surface area is 169 Å². The van der Waals surface area contributed by atoms with Crippen LogP contribution in [-0.4, -0.2) is 16.7 Å². The van der Waals surface area contributed by atoms with E-state index in [9.17, 15) is 19.7 Å². The summed E-state index contributed by atoms with van der Waals surface area (Å²) < 4.78 is 10.9. The maximum Gasteiger partial charge on any atom is 0.316 e. The fraction of sp³-hybridized carbons (Fsp3) is 0.0476. The van der Waals surface area contributed by atoms with E-state index in [2.05, 4.69) is 0 Å². The van der Waals surface area contributed by atoms with Gasteiger partial charge in [-0.3, -0.25) is 19.7 Å². The van der Waals surface area contributed by atoms with Crippen molar-refractivity contribution in [1.29, 1.82) is 0 Å². The minimum absolute atomic E-state index is 0.0440. The first-order valence-electron chi connectivity index (χ1n) is 8.55. The quantitative estimate of drug-likeness (QED) is 0.204. The number of esters is 1. The minimum atomic E-state index is -0.509. The molecule has 29 heavy (non-hydrogen) atoms. The molecule has 0 atom stereocenters. The number of carbonyl (C=O) groups excluding carboxylic acids is 2. The van der Waals surface area contributed by atoms with Crippen LogP contribution in [0.15, 0.2) is 65.7 Å². The number of allylic oxidation sites excluding steroid dienone is 1. The van der Waals surface area contributed by atoms with Crippen LogP contribution in [0, 0.1) is 10.1 Å². The zero-order chi connectivity index (χ0) is 20.4. The lowest BCUT2D eigenvalue weighted by molar-refractivity contribution is -0.384. The van der Waals surface area contributed by atoms with E-state index in [4.69, 9.17) is 9.47 Å². The van der Waals surface area contributed by atoms with Gasteiger partial charge in [0.25, 0.3) is 5.69 Å². The lowest BCUT2D eigenvalue weighted by Gasteiger charge is -2.05. The number of thiophene rings is 1. The molecule has 0 spiro atoms. The Kier molecular flexibility index (Phi) is 4.92. The third-order valence-electron chi connectivity index (χ3n) is 4.15. The Morgan fingerprint density at radius 2 is 2.03 bits per heavy atom. The van der Waals surface area contributed by atoms with Crippen molar-refractivity contribution in [2.45, 2.75) is 6.42 Å². The van der Waals surface area contributed by atoms with Crippen molar-refractivity contribution < 1.29 is 24.0 Å². The van der Waals surface area contributed by atoms with Crippen LogP contribution in [0.4, 0.5) is 5.69 Å². The monoisotopic (exact) mass is 407 g/mol. The zero-order valence-electron chi connectivity index (χ0n) is 14.9. The first-order chi connectivity index (χ1) is 14.0. The van der Waals surface area contributed by atoms with E-state index in [1.54, 1.807) is 6.07 Å². The Bertz CT molecular complexity index is 1150. The van der Waals surface area contributed by atoms with Crippen molar-refractivity contribution in [2.75, 3.05) is 0 Å². The number of ketones is 1. The van der Waals surface area contributed by atoms with Crippen LogP contribution >= 0.6 is 11.3 Å². The summed E-state index contributed by atoms with van der Waals surface area (Å²) in [5.74, 6) is -0.169. The number of rotatable bonds is 5. The first-order valence-corrected chi connectivity index (χ1v) is 9.43. The third-order valence-corrected chi connectivity index (χ3v) is 5.03. The van der Waals surface area contributed by atoms with Gasteiger partial charge < -0.3 is 9.47 Å². The predicted octanol–water partition coefficient (Wildman–Crippen LogP) is 4.42. The van der Waals surface area contributed by atoms with Gasteiger partial charge >= 0.3 is 5.97 Å². The van der Waals surface area contributed by atoms with E-state index in [0.29, 0.717) is 11.1 Å². The highest BCUT2D eigenvalue weighted by molar-refractivity contribution is 7.10. The van der Waals surface area contributed by atoms with Crippen molar-refractivity contribution in [1.82, 2.24) is 0 Å². The summed E-state index contributed by atoms with van der Waals surface area (Å²) in [5, 5.41) is 12.8. The molecule has 2 aromatic carbocycles. The number of fused-ring (bicyclic) bond motifs is 1. The second-order valence-corrected chi connectivity index (χ2v) is 7.21. The smallest absolute Gasteiger partial charge is 0.316 e. The molecular formula is C21H13NO6S. The van der Waals surface area contributed by atoms with E-state index in [0.717, 1.165) is 4.88 Å². The highest BCUT2D eigenvalue weighted by Gasteiger charge is 2.28. The minimum Gasteiger partial charge on any atom is -0.452 e. The Morgan fingerprint density at radius 1 is 1.17 bits per heavy atom. The maximum absolute atomic E-state index is 12.5. The summed E-state index contributed by atoms with van der Waals surface area (Å²) in [7, 11) is 0. The molecule has 8 heteroatoms. The standard InChI is InChI=1S/C21H13NO6S/c23-20(12-16-5-2-8-29-16)27-15-6-7-17-18(11-15)28-19(21(17)24)10-13-3-1-4-14(9-13)22(25)26/h1-11H,12H2/b19-10-. The number of Topliss-reactive ketones (excluding diaryl/α,β-unsaturated/α-hetero) is 1. The zero-order valence-corrected chi connectivity index (χ0v) is 15.7. The van der Waals surface area contributed by atoms with Gasteiger partial charge in [0, 0.05) is 23.1 Å². The molecule has 1 aliphatic rings. The number of carbonyl (C=O) groups is 2. The van der Waals surface area contributed by atoms with E-state index in [1.807, 2.05) is 17.5 Å². The lowest BCUT2D eigenvalue weighted by atomic mass is 10.1. The van der Waals surface area contributed by atoms with Gasteiger partial charge in [-0.2, -0.15) is 0 Å². The fourth-order valence-electron chi connectivity index (χ4n) is 2.83. The molecule has 4 rings (SSSR count). The summed E-state index contributed by atoms with van der Waals surface area (Å²) in [6.45, 7) is 0. The van der Waals surface area contributed by atoms with Crippen LogP contribution < -0.4 is 9.47 Å². The predicted molar refractivity (Wildman–Crippen MR) is 106 cm³/mol. The van der Waals surface area contributed by atoms with Crippen molar-refractivity contribution in [2.24, 2.45) is 0 Å². The number of ether oxygens (including phenoxy) is 2. The van der Waals surface area contributed by atoms with Crippen LogP contribution in [0.25, 0.3) is 6.08 Å². The van der Waals surface area contributed by atoms with Gasteiger partial charge in [-0.05, 0) is 35.2 Å². The number of benzene rings is 2. The fourth-order valence-corrected chi connectivity index (χ4v) is 3.52. The molecule has 1 aliphatic heterocycles. The third kappa shape index (κ3) is 4.07. The summed E-state index contributed by atoms with van der Waals surface area (Å²) in [5.41, 5.74) is 0.722. The molecule has 0 N–H and O–H groups in total. The van der Waals surface area contributed by atoms with Gasteiger partial charge in [-0.15, -0.1) is 11.3 Å². The van der Waals surface area contributed by atoms with Crippen LogP contribution in [0.3, 0.4) is 0 Å². The van der Waals surface area contributed by atoms with E-state index < -0.39 is 10.9 Å². The molecule has 7 nitrogen and oxygen atoms in total. The molecule has 0 saturated carbocycles. The molecule has 1 aromatic heterocycles. The Hall–Kier alpha value is -3.78. The van der Waals surface area contributed by atoms with Gasteiger partial charge in [-0.1, -0.05) is 18.2 Å². The van der Waals surface area contributed by atoms with Crippen LogP contribution in [0.1, 0.15) is 20.8 Å². The number of hydrogen-bond acceptors (Lipinski definition) is 7. The summed E-state index contributed by atoms with van der Waals surface area (Å²) in [6.07, 6.45) is 1.60. The van der Waals surface area contributed by atoms with E-state index in [-0.39, 0.29) is 35.1 Å². The van der Waals surface area contributed by atoms with Crippen LogP contribution in [0.5, 0.6) is 11.5 Å². The molecule has 0 radical (unpaired) electrons. The number of non-ortho nitro benzene ring substituents is 1. The summed E-state index contributed by atoms with van der Waals surface area (Å²) in [6, 6.07) is 14.1. The SMILES string of the molecule is O=C(Cc1cccs1)Oc1ccc2c(c1)O/C(=C\c1cccc([N+](=O)[O-])c1)C2=O. The molecule has 0 bridgehead atoms. The van der Waals surface area contributed by atoms with Gasteiger partial charge in [-0.25, -0.2) is 0 Å². The second kappa shape index (κ2) is 7.69. The molecule has 0 unspecified atom stereocenters. The largest absolute Gasteiger partial charge is 0.452 e. The average Bonchev–Trinajstić information content (AvgIpc) is 3.30. The number of hydrogen-bond donors (Lipinski definition) is 0. The molecular weight excluding hydrogens is 394 g/mol. The summed E-state index contributed by atoms with van der Waals surface area (Å²) >= 11 is 1.47. The highest BCUT2D eigenvalue weighted by atomic mass is 32.1. The summed E-state index contributed by atoms with van der Waals surface area (Å²) in [4.78, 5) is 35.9. The molecule has 144 valence electrons.